The molecule has 4 N–H and O–H groups in total. The maximum atomic E-state index is 11.7. The number of carbonyl (C=O) groups excluding carboxylic acids is 1. The van der Waals surface area contributed by atoms with Gasteiger partial charge >= 0.3 is 0 Å². The summed E-state index contributed by atoms with van der Waals surface area (Å²) in [7, 11) is -0.945. The molecule has 0 aliphatic rings. The SMILES string of the molecule is CC(CNC(=O)c1ccc(NN)nc1)S(C)=O. The zero-order valence-corrected chi connectivity index (χ0v) is 10.6. The van der Waals surface area contributed by atoms with E-state index in [1.807, 2.05) is 6.92 Å². The van der Waals surface area contributed by atoms with Crippen LogP contribution in [-0.4, -0.2) is 33.2 Å². The van der Waals surface area contributed by atoms with Crippen molar-refractivity contribution in [3.63, 3.8) is 0 Å². The topological polar surface area (TPSA) is 97.1 Å². The predicted octanol–water partition coefficient (Wildman–Crippen LogP) is -0.136. The molecule has 0 bridgehead atoms. The highest BCUT2D eigenvalue weighted by molar-refractivity contribution is 7.84. The number of pyridine rings is 1. The van der Waals surface area contributed by atoms with Crippen LogP contribution in [0.5, 0.6) is 0 Å². The Labute approximate surface area is 102 Å². The summed E-state index contributed by atoms with van der Waals surface area (Å²) in [5.74, 6) is 5.41. The summed E-state index contributed by atoms with van der Waals surface area (Å²) in [6.45, 7) is 2.19. The Morgan fingerprint density at radius 1 is 1.59 bits per heavy atom. The Kier molecular flexibility index (Phi) is 5.05. The molecule has 2 atom stereocenters. The molecule has 1 rings (SSSR count). The molecule has 0 saturated carbocycles. The van der Waals surface area contributed by atoms with Crippen LogP contribution in [0.1, 0.15) is 17.3 Å². The van der Waals surface area contributed by atoms with Gasteiger partial charge in [-0.2, -0.15) is 0 Å². The molecule has 0 radical (unpaired) electrons. The lowest BCUT2D eigenvalue weighted by molar-refractivity contribution is 0.0954. The quantitative estimate of drug-likeness (QED) is 0.503. The molecule has 2 unspecified atom stereocenters. The molecule has 6 nitrogen and oxygen atoms in total. The van der Waals surface area contributed by atoms with Crippen LogP contribution in [-0.2, 0) is 10.8 Å². The van der Waals surface area contributed by atoms with Crippen LogP contribution in [0, 0.1) is 0 Å². The number of rotatable bonds is 5. The third kappa shape index (κ3) is 4.12. The molecule has 17 heavy (non-hydrogen) atoms. The molecule has 0 aliphatic heterocycles. The van der Waals surface area contributed by atoms with Crippen molar-refractivity contribution in [3.8, 4) is 0 Å². The molecule has 1 amide bonds. The lowest BCUT2D eigenvalue weighted by atomic mass is 10.2. The van der Waals surface area contributed by atoms with Crippen LogP contribution in [0.2, 0.25) is 0 Å². The predicted molar refractivity (Wildman–Crippen MR) is 67.9 cm³/mol. The largest absolute Gasteiger partial charge is 0.351 e. The van der Waals surface area contributed by atoms with E-state index >= 15 is 0 Å². The number of anilines is 1. The number of hydrogen-bond acceptors (Lipinski definition) is 5. The van der Waals surface area contributed by atoms with Gasteiger partial charge in [0.25, 0.3) is 5.91 Å². The van der Waals surface area contributed by atoms with Crippen LogP contribution in [0.3, 0.4) is 0 Å². The van der Waals surface area contributed by atoms with E-state index in [0.29, 0.717) is 17.9 Å². The first-order chi connectivity index (χ1) is 8.04. The number of nitrogens with one attached hydrogen (secondary N) is 2. The molecule has 1 heterocycles. The van der Waals surface area contributed by atoms with Crippen molar-refractivity contribution < 1.29 is 9.00 Å². The third-order valence-electron chi connectivity index (χ3n) is 2.29. The number of amides is 1. The second-order valence-electron chi connectivity index (χ2n) is 3.60. The van der Waals surface area contributed by atoms with Gasteiger partial charge in [0.1, 0.15) is 5.82 Å². The minimum Gasteiger partial charge on any atom is -0.351 e. The van der Waals surface area contributed by atoms with Gasteiger partial charge in [-0.3, -0.25) is 9.00 Å². The van der Waals surface area contributed by atoms with E-state index in [0.717, 1.165) is 0 Å². The molecule has 0 saturated heterocycles. The van der Waals surface area contributed by atoms with E-state index in [4.69, 9.17) is 5.84 Å². The lowest BCUT2D eigenvalue weighted by Gasteiger charge is -2.09. The monoisotopic (exact) mass is 256 g/mol. The van der Waals surface area contributed by atoms with Gasteiger partial charge in [0.15, 0.2) is 0 Å². The Bertz CT molecular complexity index is 407. The smallest absolute Gasteiger partial charge is 0.252 e. The highest BCUT2D eigenvalue weighted by atomic mass is 32.2. The molecule has 1 aromatic rings. The van der Waals surface area contributed by atoms with Crippen LogP contribution >= 0.6 is 0 Å². The van der Waals surface area contributed by atoms with Crippen molar-refractivity contribution in [2.24, 2.45) is 5.84 Å². The summed E-state index contributed by atoms with van der Waals surface area (Å²) in [4.78, 5) is 15.6. The Balaban J connectivity index is 2.55. The van der Waals surface area contributed by atoms with E-state index in [1.54, 1.807) is 18.4 Å². The van der Waals surface area contributed by atoms with E-state index in [-0.39, 0.29) is 11.2 Å². The summed E-state index contributed by atoms with van der Waals surface area (Å²) in [6, 6.07) is 3.22. The van der Waals surface area contributed by atoms with Gasteiger partial charge in [0, 0.05) is 35.0 Å². The number of nitrogen functional groups attached to an aromatic ring is 1. The minimum atomic E-state index is -0.945. The van der Waals surface area contributed by atoms with Gasteiger partial charge in [-0.1, -0.05) is 0 Å². The molecule has 94 valence electrons. The second kappa shape index (κ2) is 6.31. The van der Waals surface area contributed by atoms with Crippen LogP contribution in [0.25, 0.3) is 0 Å². The lowest BCUT2D eigenvalue weighted by Crippen LogP contribution is -2.32. The molecular weight excluding hydrogens is 240 g/mol. The summed E-state index contributed by atoms with van der Waals surface area (Å²) in [5.41, 5.74) is 2.82. The van der Waals surface area contributed by atoms with Crippen LogP contribution in [0.4, 0.5) is 5.82 Å². The van der Waals surface area contributed by atoms with Gasteiger partial charge in [-0.05, 0) is 19.1 Å². The first kappa shape index (κ1) is 13.6. The number of aromatic nitrogens is 1. The zero-order valence-electron chi connectivity index (χ0n) is 9.77. The summed E-state index contributed by atoms with van der Waals surface area (Å²) >= 11 is 0. The Hall–Kier alpha value is -1.47. The molecule has 7 heteroatoms. The summed E-state index contributed by atoms with van der Waals surface area (Å²) in [5, 5.41) is 2.62. The maximum Gasteiger partial charge on any atom is 0.252 e. The fourth-order valence-corrected chi connectivity index (χ4v) is 1.39. The van der Waals surface area contributed by atoms with Gasteiger partial charge in [-0.25, -0.2) is 10.8 Å². The minimum absolute atomic E-state index is 0.0723. The second-order valence-corrected chi connectivity index (χ2v) is 5.40. The Morgan fingerprint density at radius 3 is 2.76 bits per heavy atom. The van der Waals surface area contributed by atoms with E-state index in [2.05, 4.69) is 15.7 Å². The molecule has 1 aromatic heterocycles. The average Bonchev–Trinajstić information content (AvgIpc) is 2.35. The number of carbonyl (C=O) groups is 1. The van der Waals surface area contributed by atoms with Crippen molar-refractivity contribution in [1.82, 2.24) is 10.3 Å². The maximum absolute atomic E-state index is 11.7. The van der Waals surface area contributed by atoms with Crippen molar-refractivity contribution in [2.75, 3.05) is 18.2 Å². The van der Waals surface area contributed by atoms with Crippen LogP contribution < -0.4 is 16.6 Å². The van der Waals surface area contributed by atoms with E-state index < -0.39 is 10.8 Å². The highest BCUT2D eigenvalue weighted by Gasteiger charge is 2.10. The number of nitrogens with two attached hydrogens (primary N) is 1. The number of hydrazine groups is 1. The zero-order chi connectivity index (χ0) is 12.8. The third-order valence-corrected chi connectivity index (χ3v) is 3.59. The average molecular weight is 256 g/mol. The molecule has 0 aliphatic carbocycles. The van der Waals surface area contributed by atoms with Crippen molar-refractivity contribution in [2.45, 2.75) is 12.2 Å². The fraction of sp³-hybridized carbons (Fsp3) is 0.400. The Morgan fingerprint density at radius 2 is 2.29 bits per heavy atom. The molecular formula is C10H16N4O2S. The fourth-order valence-electron chi connectivity index (χ4n) is 1.07. The van der Waals surface area contributed by atoms with Crippen molar-refractivity contribution >= 4 is 22.5 Å². The summed E-state index contributed by atoms with van der Waals surface area (Å²) in [6.07, 6.45) is 3.04. The number of nitrogens with zero attached hydrogens (tertiary/aromatic N) is 1. The normalized spacial score (nSPS) is 13.8. The standard InChI is InChI=1S/C10H16N4O2S/c1-7(17(2)16)5-13-10(15)8-3-4-9(14-11)12-6-8/h3-4,6-7H,5,11H2,1-2H3,(H,12,14)(H,13,15). The first-order valence-electron chi connectivity index (χ1n) is 5.07. The van der Waals surface area contributed by atoms with Crippen LogP contribution in [0.15, 0.2) is 18.3 Å². The van der Waals surface area contributed by atoms with Gasteiger partial charge in [0.05, 0.1) is 5.56 Å². The van der Waals surface area contributed by atoms with E-state index in [9.17, 15) is 9.00 Å². The van der Waals surface area contributed by atoms with Gasteiger partial charge in [0.2, 0.25) is 0 Å². The van der Waals surface area contributed by atoms with Crippen molar-refractivity contribution in [3.05, 3.63) is 23.9 Å². The number of hydrogen-bond donors (Lipinski definition) is 3. The van der Waals surface area contributed by atoms with Crippen molar-refractivity contribution in [1.29, 1.82) is 0 Å². The van der Waals surface area contributed by atoms with Gasteiger partial charge in [-0.15, -0.1) is 0 Å². The van der Waals surface area contributed by atoms with E-state index in [1.165, 1.54) is 6.20 Å². The summed E-state index contributed by atoms with van der Waals surface area (Å²) < 4.78 is 11.1. The molecule has 0 spiro atoms. The first-order valence-corrected chi connectivity index (χ1v) is 6.69. The molecule has 0 fully saturated rings. The van der Waals surface area contributed by atoms with Gasteiger partial charge < -0.3 is 10.7 Å². The molecule has 0 aromatic carbocycles. The highest BCUT2D eigenvalue weighted by Crippen LogP contribution is 2.03.